The minimum absolute atomic E-state index is 0.0215. The van der Waals surface area contributed by atoms with Gasteiger partial charge in [-0.05, 0) is 87.4 Å². The van der Waals surface area contributed by atoms with Gasteiger partial charge in [0.05, 0.1) is 26.1 Å². The van der Waals surface area contributed by atoms with Crippen LogP contribution in [0.15, 0.2) is 126 Å². The van der Waals surface area contributed by atoms with Crippen molar-refractivity contribution in [1.82, 2.24) is 15.0 Å². The summed E-state index contributed by atoms with van der Waals surface area (Å²) in [5.74, 6) is 0.982. The van der Waals surface area contributed by atoms with E-state index in [9.17, 15) is 14.4 Å². The van der Waals surface area contributed by atoms with E-state index in [0.717, 1.165) is 5.56 Å². The summed E-state index contributed by atoms with van der Waals surface area (Å²) in [4.78, 5) is 46.0. The predicted octanol–water partition coefficient (Wildman–Crippen LogP) is 8.09. The number of hydrogen-bond acceptors (Lipinski definition) is 9. The number of aromatic nitrogens is 2. The molecule has 2 amide bonds. The number of amides is 2. The molecule has 0 spiro atoms. The first kappa shape index (κ1) is 39.2. The van der Waals surface area contributed by atoms with Crippen molar-refractivity contribution >= 4 is 23.5 Å². The number of carbonyl (C=O) groups excluding carboxylic acids is 3. The Morgan fingerprint density at radius 3 is 2.09 bits per heavy atom. The molecule has 0 atom stereocenters. The molecule has 4 aromatic carbocycles. The fraction of sp³-hybridized carbons (Fsp3) is 0.267. The smallest absolute Gasteiger partial charge is 0.326 e. The molecule has 11 nitrogen and oxygen atoms in total. The van der Waals surface area contributed by atoms with Crippen molar-refractivity contribution in [1.29, 1.82) is 0 Å². The SMILES string of the molecule is COc1cccc(OC)c1CC(=O)Nc1ccc(C(=O)N(CC(=O)OC(C)(C)C)Cc2ccc(-c3nc(C4(C)C=CC(c5ccccc5)C=C4)no3)cc2)cc1. The van der Waals surface area contributed by atoms with Crippen LogP contribution in [-0.4, -0.2) is 59.2 Å². The maximum atomic E-state index is 13.9. The predicted molar refractivity (Wildman–Crippen MR) is 213 cm³/mol. The van der Waals surface area contributed by atoms with Crippen LogP contribution in [0, 0.1) is 0 Å². The molecule has 0 saturated carbocycles. The lowest BCUT2D eigenvalue weighted by Gasteiger charge is -2.25. The number of nitrogens with one attached hydrogen (secondary N) is 1. The molecule has 5 aromatic rings. The Hall–Kier alpha value is -6.49. The lowest BCUT2D eigenvalue weighted by molar-refractivity contribution is -0.155. The van der Waals surface area contributed by atoms with Gasteiger partial charge in [0.15, 0.2) is 5.82 Å². The Kier molecular flexibility index (Phi) is 11.8. The first-order valence-corrected chi connectivity index (χ1v) is 18.3. The van der Waals surface area contributed by atoms with Crippen molar-refractivity contribution in [2.24, 2.45) is 0 Å². The van der Waals surface area contributed by atoms with Crippen molar-refractivity contribution in [3.05, 3.63) is 149 Å². The molecule has 0 saturated heterocycles. The van der Waals surface area contributed by atoms with Gasteiger partial charge >= 0.3 is 5.97 Å². The number of methoxy groups -OCH3 is 2. The van der Waals surface area contributed by atoms with Crippen molar-refractivity contribution in [2.45, 2.75) is 57.6 Å². The monoisotopic (exact) mass is 754 g/mol. The van der Waals surface area contributed by atoms with Gasteiger partial charge in [-0.3, -0.25) is 14.4 Å². The Bertz CT molecular complexity index is 2180. The number of ether oxygens (including phenoxy) is 3. The summed E-state index contributed by atoms with van der Waals surface area (Å²) in [6.07, 6.45) is 8.53. The topological polar surface area (TPSA) is 133 Å². The zero-order valence-corrected chi connectivity index (χ0v) is 32.4. The van der Waals surface area contributed by atoms with Crippen molar-refractivity contribution in [3.63, 3.8) is 0 Å². The van der Waals surface area contributed by atoms with E-state index in [1.165, 1.54) is 24.7 Å². The van der Waals surface area contributed by atoms with Crippen LogP contribution in [-0.2, 0) is 32.7 Å². The molecule has 0 unspecified atom stereocenters. The molecule has 11 heteroatoms. The van der Waals surface area contributed by atoms with Gasteiger partial charge in [0.1, 0.15) is 23.6 Å². The highest BCUT2D eigenvalue weighted by atomic mass is 16.6. The fourth-order valence-electron chi connectivity index (χ4n) is 6.38. The zero-order chi connectivity index (χ0) is 39.9. The van der Waals surface area contributed by atoms with Crippen LogP contribution in [0.5, 0.6) is 11.5 Å². The normalized spacial score (nSPS) is 16.2. The van der Waals surface area contributed by atoms with Gasteiger partial charge in [-0.15, -0.1) is 0 Å². The summed E-state index contributed by atoms with van der Waals surface area (Å²) in [5.41, 5.74) is 2.91. The molecule has 1 N–H and O–H groups in total. The summed E-state index contributed by atoms with van der Waals surface area (Å²) in [5, 5.41) is 7.17. The molecule has 0 fully saturated rings. The van der Waals surface area contributed by atoms with Gasteiger partial charge in [0.2, 0.25) is 5.91 Å². The Balaban J connectivity index is 1.13. The van der Waals surface area contributed by atoms with Crippen molar-refractivity contribution in [3.8, 4) is 23.0 Å². The van der Waals surface area contributed by atoms with E-state index in [-0.39, 0.29) is 37.2 Å². The average molecular weight is 755 g/mol. The second kappa shape index (κ2) is 16.9. The molecular weight excluding hydrogens is 709 g/mol. The minimum atomic E-state index is -0.728. The molecule has 0 aliphatic heterocycles. The Morgan fingerprint density at radius 1 is 0.839 bits per heavy atom. The largest absolute Gasteiger partial charge is 0.496 e. The highest BCUT2D eigenvalue weighted by molar-refractivity contribution is 5.97. The second-order valence-corrected chi connectivity index (χ2v) is 14.7. The number of rotatable bonds is 13. The maximum absolute atomic E-state index is 13.9. The first-order valence-electron chi connectivity index (χ1n) is 18.3. The first-order chi connectivity index (χ1) is 26.8. The molecule has 0 bridgehead atoms. The van der Waals surface area contributed by atoms with Crippen molar-refractivity contribution in [2.75, 3.05) is 26.1 Å². The third-order valence-electron chi connectivity index (χ3n) is 9.28. The second-order valence-electron chi connectivity index (χ2n) is 14.7. The molecule has 288 valence electrons. The third kappa shape index (κ3) is 9.59. The van der Waals surface area contributed by atoms with Crippen molar-refractivity contribution < 1.29 is 33.1 Å². The number of benzene rings is 4. The summed E-state index contributed by atoms with van der Waals surface area (Å²) >= 11 is 0. The van der Waals surface area contributed by atoms with E-state index >= 15 is 0 Å². The molecule has 1 aromatic heterocycles. The highest BCUT2D eigenvalue weighted by Crippen LogP contribution is 2.34. The van der Waals surface area contributed by atoms with Gasteiger partial charge in [-0.1, -0.05) is 78.0 Å². The number of carbonyl (C=O) groups is 3. The van der Waals surface area contributed by atoms with Crippen LogP contribution in [0.1, 0.15) is 66.5 Å². The van der Waals surface area contributed by atoms with Gasteiger partial charge in [-0.2, -0.15) is 4.98 Å². The number of hydrogen-bond donors (Lipinski definition) is 1. The lowest BCUT2D eigenvalue weighted by atomic mass is 9.81. The van der Waals surface area contributed by atoms with Gasteiger partial charge in [0.25, 0.3) is 11.8 Å². The van der Waals surface area contributed by atoms with E-state index in [2.05, 4.69) is 46.9 Å². The van der Waals surface area contributed by atoms with Gasteiger partial charge < -0.3 is 29.0 Å². The van der Waals surface area contributed by atoms with Crippen LogP contribution in [0.25, 0.3) is 11.5 Å². The Labute approximate surface area is 327 Å². The Morgan fingerprint density at radius 2 is 1.48 bits per heavy atom. The number of allylic oxidation sites excluding steroid dienone is 4. The third-order valence-corrected chi connectivity index (χ3v) is 9.28. The van der Waals surface area contributed by atoms with Gasteiger partial charge in [-0.25, -0.2) is 0 Å². The summed E-state index contributed by atoms with van der Waals surface area (Å²) in [6, 6.07) is 29.5. The molecule has 6 rings (SSSR count). The number of esters is 1. The van der Waals surface area contributed by atoms with Crippen LogP contribution in [0.2, 0.25) is 0 Å². The molecule has 1 aliphatic rings. The van der Waals surface area contributed by atoms with E-state index in [1.54, 1.807) is 63.2 Å². The van der Waals surface area contributed by atoms with Crippen LogP contribution in [0.4, 0.5) is 5.69 Å². The summed E-state index contributed by atoms with van der Waals surface area (Å²) in [6.45, 7) is 7.23. The minimum Gasteiger partial charge on any atom is -0.496 e. The van der Waals surface area contributed by atoms with Crippen LogP contribution in [0.3, 0.4) is 0 Å². The highest BCUT2D eigenvalue weighted by Gasteiger charge is 2.30. The number of anilines is 1. The van der Waals surface area contributed by atoms with E-state index in [1.807, 2.05) is 49.4 Å². The van der Waals surface area contributed by atoms with E-state index in [0.29, 0.717) is 45.6 Å². The number of nitrogens with zero attached hydrogens (tertiary/aromatic N) is 3. The van der Waals surface area contributed by atoms with E-state index in [4.69, 9.17) is 23.7 Å². The summed E-state index contributed by atoms with van der Waals surface area (Å²) < 4.78 is 22.1. The van der Waals surface area contributed by atoms with Gasteiger partial charge in [0, 0.05) is 34.8 Å². The lowest BCUT2D eigenvalue weighted by Crippen LogP contribution is -2.38. The zero-order valence-electron chi connectivity index (χ0n) is 32.4. The molecule has 56 heavy (non-hydrogen) atoms. The molecule has 1 heterocycles. The fourth-order valence-corrected chi connectivity index (χ4v) is 6.38. The maximum Gasteiger partial charge on any atom is 0.326 e. The molecule has 0 radical (unpaired) electrons. The molecular formula is C45H46N4O7. The average Bonchev–Trinajstić information content (AvgIpc) is 3.70. The standard InChI is InChI=1S/C45H46N4O7/c1-44(2,3)55-40(51)29-49(42(52)34-19-21-35(22-20-34)46-39(50)27-36-37(53-5)13-10-14-38(36)54-6)28-30-15-17-33(18-16-30)41-47-43(48-56-41)45(4)25-23-32(24-26-45)31-11-8-7-9-12-31/h7-26,32H,27-29H2,1-6H3,(H,46,50). The van der Waals surface area contributed by atoms with E-state index < -0.39 is 17.0 Å². The quantitative estimate of drug-likeness (QED) is 0.0936. The molecule has 1 aliphatic carbocycles. The van der Waals surface area contributed by atoms with Crippen LogP contribution >= 0.6 is 0 Å². The summed E-state index contributed by atoms with van der Waals surface area (Å²) in [7, 11) is 3.07. The van der Waals surface area contributed by atoms with Crippen LogP contribution < -0.4 is 14.8 Å².